The van der Waals surface area contributed by atoms with Crippen molar-refractivity contribution >= 4 is 29.5 Å². The number of hydrogen-bond donors (Lipinski definition) is 0. The first-order chi connectivity index (χ1) is 9.72. The molecule has 4 heteroatoms. The van der Waals surface area contributed by atoms with Crippen LogP contribution in [0, 0.1) is 0 Å². The van der Waals surface area contributed by atoms with Crippen LogP contribution in [0.5, 0.6) is 0 Å². The number of aliphatic imine (C=N–C) groups is 1. The summed E-state index contributed by atoms with van der Waals surface area (Å²) >= 11 is 6.04. The minimum atomic E-state index is -0.353. The second kappa shape index (κ2) is 6.87. The summed E-state index contributed by atoms with van der Waals surface area (Å²) < 4.78 is 5.02. The highest BCUT2D eigenvalue weighted by Gasteiger charge is 2.10. The van der Waals surface area contributed by atoms with E-state index in [1.807, 2.05) is 30.3 Å². The largest absolute Gasteiger partial charge is 0.462 e. The lowest BCUT2D eigenvalue weighted by atomic mass is 10.1. The molecule has 0 N–H and O–H groups in total. The molecule has 0 spiro atoms. The molecule has 2 aromatic rings. The SMILES string of the molecule is CCOC(=O)c1ccccc1/C=N\c1ccccc1Cl. The molecule has 0 heterocycles. The monoisotopic (exact) mass is 287 g/mol. The Bertz CT molecular complexity index is 638. The zero-order valence-electron chi connectivity index (χ0n) is 11.0. The molecule has 20 heavy (non-hydrogen) atoms. The highest BCUT2D eigenvalue weighted by Crippen LogP contribution is 2.23. The summed E-state index contributed by atoms with van der Waals surface area (Å²) in [5, 5.41) is 0.567. The van der Waals surface area contributed by atoms with Crippen LogP contribution in [0.2, 0.25) is 5.02 Å². The second-order valence-corrected chi connectivity index (χ2v) is 4.42. The molecule has 0 aliphatic heterocycles. The Morgan fingerprint density at radius 2 is 1.90 bits per heavy atom. The van der Waals surface area contributed by atoms with E-state index in [-0.39, 0.29) is 5.97 Å². The summed E-state index contributed by atoms with van der Waals surface area (Å²) in [6, 6.07) is 14.4. The summed E-state index contributed by atoms with van der Waals surface area (Å²) in [5.41, 5.74) is 1.85. The van der Waals surface area contributed by atoms with Crippen LogP contribution in [-0.2, 0) is 4.74 Å². The van der Waals surface area contributed by atoms with Gasteiger partial charge in [-0.1, -0.05) is 41.9 Å². The molecule has 102 valence electrons. The third-order valence-electron chi connectivity index (χ3n) is 2.65. The average Bonchev–Trinajstić information content (AvgIpc) is 2.47. The van der Waals surface area contributed by atoms with E-state index in [9.17, 15) is 4.79 Å². The summed E-state index contributed by atoms with van der Waals surface area (Å²) in [4.78, 5) is 16.1. The number of nitrogens with zero attached hydrogens (tertiary/aromatic N) is 1. The standard InChI is InChI=1S/C16H14ClNO2/c1-2-20-16(19)13-8-4-3-7-12(13)11-18-15-10-6-5-9-14(15)17/h3-11H,2H2,1H3/b18-11-. The van der Waals surface area contributed by atoms with E-state index in [1.54, 1.807) is 31.3 Å². The third-order valence-corrected chi connectivity index (χ3v) is 2.97. The number of benzene rings is 2. The van der Waals surface area contributed by atoms with Gasteiger partial charge in [0.15, 0.2) is 0 Å². The van der Waals surface area contributed by atoms with Crippen molar-refractivity contribution in [2.24, 2.45) is 4.99 Å². The molecule has 0 fully saturated rings. The van der Waals surface area contributed by atoms with Crippen molar-refractivity contribution in [2.75, 3.05) is 6.61 Å². The molecule has 3 nitrogen and oxygen atoms in total. The molecular formula is C16H14ClNO2. The third kappa shape index (κ3) is 3.45. The number of halogens is 1. The number of esters is 1. The molecule has 0 aliphatic rings. The van der Waals surface area contributed by atoms with Crippen molar-refractivity contribution in [3.05, 3.63) is 64.7 Å². The molecule has 0 radical (unpaired) electrons. The number of carbonyl (C=O) groups excluding carboxylic acids is 1. The molecule has 0 aromatic heterocycles. The number of hydrogen-bond acceptors (Lipinski definition) is 3. The van der Waals surface area contributed by atoms with Gasteiger partial charge in [0.1, 0.15) is 0 Å². The highest BCUT2D eigenvalue weighted by atomic mass is 35.5. The highest BCUT2D eigenvalue weighted by molar-refractivity contribution is 6.33. The van der Waals surface area contributed by atoms with Gasteiger partial charge in [0.2, 0.25) is 0 Å². The fourth-order valence-corrected chi connectivity index (χ4v) is 1.88. The van der Waals surface area contributed by atoms with Crippen LogP contribution in [-0.4, -0.2) is 18.8 Å². The molecule has 0 atom stereocenters. The van der Waals surface area contributed by atoms with Gasteiger partial charge in [0.25, 0.3) is 0 Å². The van der Waals surface area contributed by atoms with Gasteiger partial charge in [-0.2, -0.15) is 0 Å². The molecule has 0 saturated heterocycles. The fraction of sp³-hybridized carbons (Fsp3) is 0.125. The normalized spacial score (nSPS) is 10.7. The van der Waals surface area contributed by atoms with Gasteiger partial charge in [-0.15, -0.1) is 0 Å². The Hall–Kier alpha value is -2.13. The van der Waals surface area contributed by atoms with E-state index in [2.05, 4.69) is 4.99 Å². The van der Waals surface area contributed by atoms with Crippen LogP contribution in [0.15, 0.2) is 53.5 Å². The Labute approximate surface area is 122 Å². The van der Waals surface area contributed by atoms with Crippen molar-refractivity contribution in [1.82, 2.24) is 0 Å². The predicted octanol–water partition coefficient (Wildman–Crippen LogP) is 4.27. The van der Waals surface area contributed by atoms with Crippen LogP contribution in [0.25, 0.3) is 0 Å². The summed E-state index contributed by atoms with van der Waals surface area (Å²) in [5.74, 6) is -0.353. The smallest absolute Gasteiger partial charge is 0.338 e. The number of para-hydroxylation sites is 1. The Morgan fingerprint density at radius 3 is 2.65 bits per heavy atom. The van der Waals surface area contributed by atoms with Gasteiger partial charge in [-0.05, 0) is 25.1 Å². The number of rotatable bonds is 4. The Kier molecular flexibility index (Phi) is 4.91. The average molecular weight is 288 g/mol. The fourth-order valence-electron chi connectivity index (χ4n) is 1.70. The topological polar surface area (TPSA) is 38.7 Å². The van der Waals surface area contributed by atoms with E-state index in [4.69, 9.17) is 16.3 Å². The van der Waals surface area contributed by atoms with Crippen molar-refractivity contribution in [3.63, 3.8) is 0 Å². The predicted molar refractivity (Wildman–Crippen MR) is 81.1 cm³/mol. The maximum Gasteiger partial charge on any atom is 0.338 e. The first-order valence-corrected chi connectivity index (χ1v) is 6.65. The lowest BCUT2D eigenvalue weighted by Gasteiger charge is -2.05. The summed E-state index contributed by atoms with van der Waals surface area (Å²) in [6.45, 7) is 2.12. The quantitative estimate of drug-likeness (QED) is 0.622. The van der Waals surface area contributed by atoms with Crippen LogP contribution in [0.3, 0.4) is 0 Å². The molecule has 2 rings (SSSR count). The van der Waals surface area contributed by atoms with E-state index in [0.29, 0.717) is 28.4 Å². The molecule has 0 bridgehead atoms. The number of carbonyl (C=O) groups is 1. The van der Waals surface area contributed by atoms with Crippen LogP contribution in [0.4, 0.5) is 5.69 Å². The van der Waals surface area contributed by atoms with Crippen LogP contribution in [0.1, 0.15) is 22.8 Å². The van der Waals surface area contributed by atoms with E-state index < -0.39 is 0 Å². The second-order valence-electron chi connectivity index (χ2n) is 4.02. The molecule has 2 aromatic carbocycles. The van der Waals surface area contributed by atoms with Gasteiger partial charge < -0.3 is 4.74 Å². The molecule has 0 saturated carbocycles. The maximum absolute atomic E-state index is 11.8. The van der Waals surface area contributed by atoms with Gasteiger partial charge in [-0.3, -0.25) is 4.99 Å². The van der Waals surface area contributed by atoms with Crippen LogP contribution >= 0.6 is 11.6 Å². The van der Waals surface area contributed by atoms with E-state index in [1.165, 1.54) is 0 Å². The Balaban J connectivity index is 2.30. The van der Waals surface area contributed by atoms with Crippen molar-refractivity contribution in [2.45, 2.75) is 6.92 Å². The summed E-state index contributed by atoms with van der Waals surface area (Å²) in [7, 11) is 0. The zero-order chi connectivity index (χ0) is 14.4. The van der Waals surface area contributed by atoms with E-state index in [0.717, 1.165) is 0 Å². The minimum Gasteiger partial charge on any atom is -0.462 e. The lowest BCUT2D eigenvalue weighted by molar-refractivity contribution is 0.0526. The van der Waals surface area contributed by atoms with Crippen LogP contribution < -0.4 is 0 Å². The maximum atomic E-state index is 11.8. The van der Waals surface area contributed by atoms with Crippen molar-refractivity contribution in [1.29, 1.82) is 0 Å². The first-order valence-electron chi connectivity index (χ1n) is 6.27. The Morgan fingerprint density at radius 1 is 1.20 bits per heavy atom. The molecular weight excluding hydrogens is 274 g/mol. The van der Waals surface area contributed by atoms with E-state index >= 15 is 0 Å². The van der Waals surface area contributed by atoms with Gasteiger partial charge >= 0.3 is 5.97 Å². The van der Waals surface area contributed by atoms with Gasteiger partial charge in [0, 0.05) is 11.8 Å². The van der Waals surface area contributed by atoms with Gasteiger partial charge in [0.05, 0.1) is 22.9 Å². The summed E-state index contributed by atoms with van der Waals surface area (Å²) in [6.07, 6.45) is 1.62. The first kappa shape index (κ1) is 14.3. The molecule has 0 aliphatic carbocycles. The molecule has 0 unspecified atom stereocenters. The lowest BCUT2D eigenvalue weighted by Crippen LogP contribution is -2.07. The van der Waals surface area contributed by atoms with Crippen molar-refractivity contribution in [3.8, 4) is 0 Å². The van der Waals surface area contributed by atoms with Crippen molar-refractivity contribution < 1.29 is 9.53 Å². The number of ether oxygens (including phenoxy) is 1. The van der Waals surface area contributed by atoms with Gasteiger partial charge in [-0.25, -0.2) is 4.79 Å². The molecule has 0 amide bonds. The minimum absolute atomic E-state index is 0.342. The zero-order valence-corrected chi connectivity index (χ0v) is 11.8.